The molecular formula is C23H24Cl2N6O2. The molecule has 0 saturated carbocycles. The fraction of sp³-hybridized carbons (Fsp3) is 0.304. The molecule has 2 aromatic carbocycles. The molecule has 8 nitrogen and oxygen atoms in total. The molecule has 1 aliphatic heterocycles. The van der Waals surface area contributed by atoms with Gasteiger partial charge in [0.25, 0.3) is 0 Å². The maximum absolute atomic E-state index is 12.4. The number of nitriles is 1. The van der Waals surface area contributed by atoms with Crippen LogP contribution in [0.2, 0.25) is 10.0 Å². The topological polar surface area (TPSA) is 104 Å². The summed E-state index contributed by atoms with van der Waals surface area (Å²) in [5.74, 6) is -0.125. The number of halogens is 2. The predicted molar refractivity (Wildman–Crippen MR) is 129 cm³/mol. The standard InChI is InChI=1S/C23H24Cl2N6O2/c1-2-30(21(33)14-32)20-13-31(29-22(20)17-6-8-18(24)9-7-17)23(28-15-26)27-11-10-16-4-3-5-19(25)12-16/h3-9,12,20,32H,2,10-11,13-14H2,1H3,(H,27,28). The van der Waals surface area contributed by atoms with Crippen LogP contribution in [-0.2, 0) is 11.2 Å². The number of aliphatic hydroxyl groups is 1. The van der Waals surface area contributed by atoms with Crippen LogP contribution in [0.5, 0.6) is 0 Å². The van der Waals surface area contributed by atoms with E-state index in [9.17, 15) is 15.2 Å². The summed E-state index contributed by atoms with van der Waals surface area (Å²) in [7, 11) is 0. The number of aliphatic hydroxyl groups excluding tert-OH is 1. The van der Waals surface area contributed by atoms with Gasteiger partial charge in [-0.3, -0.25) is 15.1 Å². The Bertz CT molecular complexity index is 1080. The van der Waals surface area contributed by atoms with Crippen molar-refractivity contribution in [3.8, 4) is 6.19 Å². The number of hydrogen-bond acceptors (Lipinski definition) is 5. The molecule has 3 rings (SSSR count). The summed E-state index contributed by atoms with van der Waals surface area (Å²) in [6, 6.07) is 14.2. The Hall–Kier alpha value is -3.12. The summed E-state index contributed by atoms with van der Waals surface area (Å²) in [4.78, 5) is 18.5. The third-order valence-corrected chi connectivity index (χ3v) is 5.65. The number of amides is 1. The predicted octanol–water partition coefficient (Wildman–Crippen LogP) is 2.89. The summed E-state index contributed by atoms with van der Waals surface area (Å²) in [5.41, 5.74) is 2.43. The minimum Gasteiger partial charge on any atom is -0.387 e. The highest BCUT2D eigenvalue weighted by molar-refractivity contribution is 6.31. The number of nitrogens with one attached hydrogen (secondary N) is 1. The van der Waals surface area contributed by atoms with Crippen LogP contribution >= 0.6 is 23.2 Å². The molecule has 172 valence electrons. The van der Waals surface area contributed by atoms with Crippen LogP contribution in [0, 0.1) is 11.5 Å². The van der Waals surface area contributed by atoms with E-state index in [1.165, 1.54) is 0 Å². The molecule has 0 aliphatic carbocycles. The second kappa shape index (κ2) is 11.7. The first kappa shape index (κ1) is 24.5. The number of hydrazone groups is 1. The quantitative estimate of drug-likeness (QED) is 0.271. The van der Waals surface area contributed by atoms with Gasteiger partial charge in [-0.05, 0) is 43.2 Å². The monoisotopic (exact) mass is 486 g/mol. The summed E-state index contributed by atoms with van der Waals surface area (Å²) in [6.07, 6.45) is 2.54. The van der Waals surface area contributed by atoms with E-state index in [1.807, 2.05) is 49.5 Å². The highest BCUT2D eigenvalue weighted by atomic mass is 35.5. The van der Waals surface area contributed by atoms with Crippen molar-refractivity contribution >= 4 is 40.8 Å². The van der Waals surface area contributed by atoms with Crippen molar-refractivity contribution in [3.05, 3.63) is 69.7 Å². The largest absolute Gasteiger partial charge is 0.387 e. The van der Waals surface area contributed by atoms with Gasteiger partial charge >= 0.3 is 0 Å². The van der Waals surface area contributed by atoms with Gasteiger partial charge < -0.3 is 10.0 Å². The van der Waals surface area contributed by atoms with Gasteiger partial charge in [0.05, 0.1) is 18.3 Å². The van der Waals surface area contributed by atoms with E-state index in [2.05, 4.69) is 15.4 Å². The van der Waals surface area contributed by atoms with E-state index in [4.69, 9.17) is 23.2 Å². The van der Waals surface area contributed by atoms with Gasteiger partial charge in [-0.15, -0.1) is 0 Å². The lowest BCUT2D eigenvalue weighted by atomic mass is 10.0. The summed E-state index contributed by atoms with van der Waals surface area (Å²) in [6.45, 7) is 2.31. The summed E-state index contributed by atoms with van der Waals surface area (Å²) in [5, 5.41) is 28.8. The highest BCUT2D eigenvalue weighted by Crippen LogP contribution is 2.21. The van der Waals surface area contributed by atoms with Gasteiger partial charge in [-0.25, -0.2) is 5.01 Å². The number of guanidine groups is 1. The molecule has 2 aromatic rings. The maximum atomic E-state index is 12.4. The number of aliphatic imine (C=N–C) groups is 1. The molecule has 10 heteroatoms. The molecule has 0 saturated heterocycles. The number of carbonyl (C=O) groups is 1. The Morgan fingerprint density at radius 3 is 2.70 bits per heavy atom. The van der Waals surface area contributed by atoms with Crippen LogP contribution in [-0.4, -0.2) is 64.9 Å². The van der Waals surface area contributed by atoms with Crippen LogP contribution < -0.4 is 5.32 Å². The van der Waals surface area contributed by atoms with Gasteiger partial charge in [0.15, 0.2) is 6.19 Å². The number of likely N-dealkylation sites (N-methyl/N-ethyl adjacent to an activating group) is 1. The van der Waals surface area contributed by atoms with Gasteiger partial charge in [0.1, 0.15) is 6.61 Å². The van der Waals surface area contributed by atoms with Crippen LogP contribution in [0.3, 0.4) is 0 Å². The van der Waals surface area contributed by atoms with E-state index in [1.54, 1.807) is 22.0 Å². The lowest BCUT2D eigenvalue weighted by Crippen LogP contribution is -2.49. The zero-order chi connectivity index (χ0) is 23.8. The minimum atomic E-state index is -0.602. The third kappa shape index (κ3) is 6.23. The normalized spacial score (nSPS) is 15.7. The van der Waals surface area contributed by atoms with Crippen molar-refractivity contribution in [1.29, 1.82) is 5.26 Å². The van der Waals surface area contributed by atoms with Crippen LogP contribution in [0.25, 0.3) is 0 Å². The Morgan fingerprint density at radius 2 is 2.06 bits per heavy atom. The molecule has 1 amide bonds. The van der Waals surface area contributed by atoms with E-state index < -0.39 is 18.6 Å². The van der Waals surface area contributed by atoms with Gasteiger partial charge in [-0.2, -0.15) is 10.4 Å². The summed E-state index contributed by atoms with van der Waals surface area (Å²) < 4.78 is 0. The summed E-state index contributed by atoms with van der Waals surface area (Å²) >= 11 is 12.1. The minimum absolute atomic E-state index is 0.279. The second-order valence-corrected chi connectivity index (χ2v) is 8.12. The lowest BCUT2D eigenvalue weighted by Gasteiger charge is -2.28. The molecule has 0 fully saturated rings. The fourth-order valence-electron chi connectivity index (χ4n) is 3.62. The van der Waals surface area contributed by atoms with Crippen molar-refractivity contribution in [3.63, 3.8) is 0 Å². The van der Waals surface area contributed by atoms with Crippen molar-refractivity contribution < 1.29 is 9.90 Å². The molecule has 1 heterocycles. The fourth-order valence-corrected chi connectivity index (χ4v) is 3.96. The first-order valence-electron chi connectivity index (χ1n) is 10.4. The van der Waals surface area contributed by atoms with Crippen molar-refractivity contribution in [2.75, 3.05) is 26.2 Å². The molecule has 33 heavy (non-hydrogen) atoms. The first-order valence-corrected chi connectivity index (χ1v) is 11.2. The van der Waals surface area contributed by atoms with E-state index in [0.717, 1.165) is 11.1 Å². The highest BCUT2D eigenvalue weighted by Gasteiger charge is 2.36. The molecule has 1 aliphatic rings. The average Bonchev–Trinajstić information content (AvgIpc) is 3.24. The van der Waals surface area contributed by atoms with E-state index in [-0.39, 0.29) is 12.5 Å². The average molecular weight is 487 g/mol. The Morgan fingerprint density at radius 1 is 1.30 bits per heavy atom. The molecule has 0 bridgehead atoms. The van der Waals surface area contributed by atoms with Crippen molar-refractivity contribution in [2.24, 2.45) is 10.1 Å². The van der Waals surface area contributed by atoms with Gasteiger partial charge in [0, 0.05) is 28.7 Å². The molecule has 1 unspecified atom stereocenters. The van der Waals surface area contributed by atoms with Crippen LogP contribution in [0.15, 0.2) is 58.6 Å². The third-order valence-electron chi connectivity index (χ3n) is 5.17. The molecule has 0 aromatic heterocycles. The molecule has 1 atom stereocenters. The number of carbonyl (C=O) groups excluding carboxylic acids is 1. The van der Waals surface area contributed by atoms with Crippen LogP contribution in [0.4, 0.5) is 0 Å². The Labute approximate surface area is 202 Å². The van der Waals surface area contributed by atoms with E-state index in [0.29, 0.717) is 35.3 Å². The molecule has 0 spiro atoms. The van der Waals surface area contributed by atoms with E-state index >= 15 is 0 Å². The smallest absolute Gasteiger partial charge is 0.248 e. The second-order valence-electron chi connectivity index (χ2n) is 7.25. The molecule has 0 radical (unpaired) electrons. The molecule has 2 N–H and O–H groups in total. The van der Waals surface area contributed by atoms with Gasteiger partial charge in [-0.1, -0.05) is 47.5 Å². The number of benzene rings is 2. The number of hydrogen-bond donors (Lipinski definition) is 2. The molecular weight excluding hydrogens is 463 g/mol. The Kier molecular flexibility index (Phi) is 8.66. The van der Waals surface area contributed by atoms with Crippen molar-refractivity contribution in [1.82, 2.24) is 15.2 Å². The number of nitrogens with zero attached hydrogens (tertiary/aromatic N) is 5. The first-order chi connectivity index (χ1) is 16.0. The van der Waals surface area contributed by atoms with Crippen molar-refractivity contribution in [2.45, 2.75) is 19.4 Å². The van der Waals surface area contributed by atoms with Crippen LogP contribution in [0.1, 0.15) is 18.1 Å². The maximum Gasteiger partial charge on any atom is 0.248 e. The zero-order valence-electron chi connectivity index (χ0n) is 18.1. The number of rotatable bonds is 7. The SMILES string of the molecule is CCN(C(=O)CO)C1CN(C(=NCCc2cccc(Cl)c2)NC#N)N=C1c1ccc(Cl)cc1. The lowest BCUT2D eigenvalue weighted by molar-refractivity contribution is -0.135. The zero-order valence-corrected chi connectivity index (χ0v) is 19.6. The van der Waals surface area contributed by atoms with Gasteiger partial charge in [0.2, 0.25) is 11.9 Å². The Balaban J connectivity index is 1.89.